The second-order valence-corrected chi connectivity index (χ2v) is 9.61. The zero-order chi connectivity index (χ0) is 25.1. The Hall–Kier alpha value is -2.58. The lowest BCUT2D eigenvalue weighted by molar-refractivity contribution is -0.155. The van der Waals surface area contributed by atoms with Crippen LogP contribution in [-0.2, 0) is 28.6 Å². The van der Waals surface area contributed by atoms with Crippen LogP contribution < -0.4 is 10.6 Å². The molecule has 2 unspecified atom stereocenters. The van der Waals surface area contributed by atoms with Crippen LogP contribution in [0.5, 0.6) is 0 Å². The van der Waals surface area contributed by atoms with Gasteiger partial charge in [-0.25, -0.2) is 9.59 Å². The van der Waals surface area contributed by atoms with E-state index in [0.717, 1.165) is 0 Å². The summed E-state index contributed by atoms with van der Waals surface area (Å²) in [7, 11) is 0. The lowest BCUT2D eigenvalue weighted by Crippen LogP contribution is -2.54. The number of alkyl carbamates (subject to hydrolysis) is 1. The summed E-state index contributed by atoms with van der Waals surface area (Å²) < 4.78 is 15.6. The molecule has 32 heavy (non-hydrogen) atoms. The van der Waals surface area contributed by atoms with Crippen molar-refractivity contribution in [1.82, 2.24) is 10.6 Å². The molecule has 0 heterocycles. The minimum atomic E-state index is -1.11. The molecule has 9 nitrogen and oxygen atoms in total. The third kappa shape index (κ3) is 13.0. The Kier molecular flexibility index (Phi) is 12.0. The molecule has 0 aliphatic rings. The van der Waals surface area contributed by atoms with Crippen LogP contribution in [0.1, 0.15) is 74.7 Å². The Balaban J connectivity index is 5.46. The van der Waals surface area contributed by atoms with E-state index in [9.17, 15) is 19.2 Å². The molecule has 184 valence electrons. The third-order valence-corrected chi connectivity index (χ3v) is 4.17. The zero-order valence-electron chi connectivity index (χ0n) is 20.7. The molecule has 0 radical (unpaired) electrons. The lowest BCUT2D eigenvalue weighted by atomic mass is 9.98. The summed E-state index contributed by atoms with van der Waals surface area (Å²) in [5, 5.41) is 5.13. The van der Waals surface area contributed by atoms with E-state index in [2.05, 4.69) is 17.2 Å². The van der Waals surface area contributed by atoms with E-state index < -0.39 is 47.2 Å². The number of ether oxygens (including phenoxy) is 3. The van der Waals surface area contributed by atoms with Gasteiger partial charge in [0, 0.05) is 6.42 Å². The van der Waals surface area contributed by atoms with Crippen LogP contribution in [0.25, 0.3) is 0 Å². The highest BCUT2D eigenvalue weighted by atomic mass is 16.6. The van der Waals surface area contributed by atoms with E-state index in [-0.39, 0.29) is 25.4 Å². The Morgan fingerprint density at radius 1 is 0.969 bits per heavy atom. The smallest absolute Gasteiger partial charge is 0.408 e. The van der Waals surface area contributed by atoms with E-state index >= 15 is 0 Å². The quantitative estimate of drug-likeness (QED) is 0.278. The average molecular weight is 457 g/mol. The summed E-state index contributed by atoms with van der Waals surface area (Å²) in [6, 6.07) is -2.03. The highest BCUT2D eigenvalue weighted by Gasteiger charge is 2.32. The van der Waals surface area contributed by atoms with Crippen molar-refractivity contribution in [2.45, 2.75) is 97.9 Å². The predicted molar refractivity (Wildman–Crippen MR) is 121 cm³/mol. The van der Waals surface area contributed by atoms with Gasteiger partial charge in [0.15, 0.2) is 0 Å². The van der Waals surface area contributed by atoms with E-state index in [1.54, 1.807) is 48.5 Å². The SMILES string of the molecule is C=CCOC(=O)C(NC(=O)[C@H](CCC(=O)OC(C)(C)C)NC(=O)OC(C)(C)C)C(C)CC. The van der Waals surface area contributed by atoms with Gasteiger partial charge in [-0.1, -0.05) is 32.9 Å². The van der Waals surface area contributed by atoms with Crippen LogP contribution in [0.3, 0.4) is 0 Å². The molecule has 0 saturated heterocycles. The summed E-state index contributed by atoms with van der Waals surface area (Å²) in [6.45, 7) is 17.5. The molecule has 0 aliphatic heterocycles. The van der Waals surface area contributed by atoms with Crippen molar-refractivity contribution in [3.63, 3.8) is 0 Å². The average Bonchev–Trinajstić information content (AvgIpc) is 2.63. The van der Waals surface area contributed by atoms with Gasteiger partial charge in [-0.3, -0.25) is 9.59 Å². The molecule has 0 aliphatic carbocycles. The number of hydrogen-bond donors (Lipinski definition) is 2. The van der Waals surface area contributed by atoms with Crippen LogP contribution in [0.15, 0.2) is 12.7 Å². The van der Waals surface area contributed by atoms with E-state index in [1.807, 2.05) is 6.92 Å². The van der Waals surface area contributed by atoms with Crippen molar-refractivity contribution in [3.05, 3.63) is 12.7 Å². The van der Waals surface area contributed by atoms with Crippen molar-refractivity contribution in [3.8, 4) is 0 Å². The molecular weight excluding hydrogens is 416 g/mol. The normalized spacial score (nSPS) is 14.4. The first-order chi connectivity index (χ1) is 14.6. The van der Waals surface area contributed by atoms with Gasteiger partial charge in [0.05, 0.1) is 0 Å². The number of hydrogen-bond acceptors (Lipinski definition) is 7. The molecule has 3 atom stereocenters. The standard InChI is InChI=1S/C23H40N2O7/c1-10-14-30-20(28)18(15(3)11-2)25-19(27)16(24-21(29)32-23(7,8)9)12-13-17(26)31-22(4,5)6/h10,15-16,18H,1,11-14H2,2-9H3,(H,24,29)(H,25,27)/t15?,16-,18?/m0/s1. The van der Waals surface area contributed by atoms with Crippen molar-refractivity contribution in [2.75, 3.05) is 6.61 Å². The first kappa shape index (κ1) is 29.4. The minimum absolute atomic E-state index is 0.0138. The van der Waals surface area contributed by atoms with Crippen LogP contribution in [0.4, 0.5) is 4.79 Å². The molecule has 2 N–H and O–H groups in total. The van der Waals surface area contributed by atoms with Crippen molar-refractivity contribution in [1.29, 1.82) is 0 Å². The van der Waals surface area contributed by atoms with Crippen molar-refractivity contribution in [2.24, 2.45) is 5.92 Å². The predicted octanol–water partition coefficient (Wildman–Crippen LogP) is 3.26. The van der Waals surface area contributed by atoms with Crippen LogP contribution in [0, 0.1) is 5.92 Å². The molecule has 0 aromatic rings. The molecular formula is C23H40N2O7. The fraction of sp³-hybridized carbons (Fsp3) is 0.739. The lowest BCUT2D eigenvalue weighted by Gasteiger charge is -2.27. The van der Waals surface area contributed by atoms with Gasteiger partial charge in [-0.2, -0.15) is 0 Å². The Morgan fingerprint density at radius 2 is 1.53 bits per heavy atom. The monoisotopic (exact) mass is 456 g/mol. The summed E-state index contributed by atoms with van der Waals surface area (Å²) >= 11 is 0. The van der Waals surface area contributed by atoms with E-state index in [4.69, 9.17) is 14.2 Å². The number of rotatable bonds is 11. The number of esters is 2. The molecule has 0 aromatic heterocycles. The molecule has 0 rings (SSSR count). The molecule has 0 bridgehead atoms. The zero-order valence-corrected chi connectivity index (χ0v) is 20.7. The minimum Gasteiger partial charge on any atom is -0.460 e. The summed E-state index contributed by atoms with van der Waals surface area (Å²) in [4.78, 5) is 49.8. The second kappa shape index (κ2) is 13.1. The van der Waals surface area contributed by atoms with Crippen LogP contribution >= 0.6 is 0 Å². The van der Waals surface area contributed by atoms with Gasteiger partial charge in [0.2, 0.25) is 5.91 Å². The molecule has 2 amide bonds. The number of carbonyl (C=O) groups excluding carboxylic acids is 4. The maximum Gasteiger partial charge on any atom is 0.408 e. The van der Waals surface area contributed by atoms with E-state index in [1.165, 1.54) is 6.08 Å². The van der Waals surface area contributed by atoms with Gasteiger partial charge >= 0.3 is 18.0 Å². The first-order valence-electron chi connectivity index (χ1n) is 10.9. The number of carbonyl (C=O) groups is 4. The molecule has 0 aromatic carbocycles. The van der Waals surface area contributed by atoms with Gasteiger partial charge < -0.3 is 24.8 Å². The highest BCUT2D eigenvalue weighted by molar-refractivity contribution is 5.90. The fourth-order valence-corrected chi connectivity index (χ4v) is 2.53. The summed E-state index contributed by atoms with van der Waals surface area (Å²) in [5.41, 5.74) is -1.45. The molecule has 0 saturated carbocycles. The Morgan fingerprint density at radius 3 is 2.00 bits per heavy atom. The largest absolute Gasteiger partial charge is 0.460 e. The van der Waals surface area contributed by atoms with Crippen LogP contribution in [0.2, 0.25) is 0 Å². The summed E-state index contributed by atoms with van der Waals surface area (Å²) in [5.74, 6) is -1.95. The summed E-state index contributed by atoms with van der Waals surface area (Å²) in [6.07, 6.45) is 1.09. The van der Waals surface area contributed by atoms with Gasteiger partial charge in [0.25, 0.3) is 0 Å². The maximum atomic E-state index is 13.0. The second-order valence-electron chi connectivity index (χ2n) is 9.61. The van der Waals surface area contributed by atoms with Gasteiger partial charge in [0.1, 0.15) is 29.9 Å². The number of nitrogens with one attached hydrogen (secondary N) is 2. The van der Waals surface area contributed by atoms with Crippen molar-refractivity contribution >= 4 is 23.9 Å². The first-order valence-corrected chi connectivity index (χ1v) is 10.9. The molecule has 0 spiro atoms. The molecule has 9 heteroatoms. The van der Waals surface area contributed by atoms with Crippen LogP contribution in [-0.4, -0.2) is 53.8 Å². The Labute approximate surface area is 191 Å². The maximum absolute atomic E-state index is 13.0. The number of amides is 2. The van der Waals surface area contributed by atoms with Gasteiger partial charge in [-0.15, -0.1) is 0 Å². The Bertz CT molecular complexity index is 662. The third-order valence-electron chi connectivity index (χ3n) is 4.17. The highest BCUT2D eigenvalue weighted by Crippen LogP contribution is 2.14. The molecule has 0 fully saturated rings. The fourth-order valence-electron chi connectivity index (χ4n) is 2.53. The van der Waals surface area contributed by atoms with Gasteiger partial charge in [-0.05, 0) is 53.9 Å². The van der Waals surface area contributed by atoms with E-state index in [0.29, 0.717) is 6.42 Å². The topological polar surface area (TPSA) is 120 Å². The van der Waals surface area contributed by atoms with Crippen molar-refractivity contribution < 1.29 is 33.4 Å².